The Kier molecular flexibility index (Phi) is 7.03. The van der Waals surface area contributed by atoms with Gasteiger partial charge in [-0.15, -0.1) is 5.10 Å². The average molecular weight is 526 g/mol. The number of hydrogen-bond donors (Lipinski definition) is 0. The van der Waals surface area contributed by atoms with Crippen LogP contribution in [0.25, 0.3) is 22.3 Å². The van der Waals surface area contributed by atoms with Gasteiger partial charge >= 0.3 is 6.18 Å². The number of benzene rings is 1. The predicted molar refractivity (Wildman–Crippen MR) is 131 cm³/mol. The lowest BCUT2D eigenvalue weighted by Gasteiger charge is -2.31. The number of piperidine rings is 1. The number of aromatic nitrogens is 5. The molecule has 4 aromatic rings. The quantitative estimate of drug-likeness (QED) is 0.336. The van der Waals surface area contributed by atoms with Crippen LogP contribution in [-0.4, -0.2) is 49.7 Å². The Bertz CT molecular complexity index is 1480. The van der Waals surface area contributed by atoms with E-state index in [-0.39, 0.29) is 29.3 Å². The Morgan fingerprint density at radius 2 is 1.97 bits per heavy atom. The zero-order valence-electron chi connectivity index (χ0n) is 21.0. The zero-order chi connectivity index (χ0) is 26.9. The first kappa shape index (κ1) is 25.7. The highest BCUT2D eigenvalue weighted by Gasteiger charge is 2.35. The Morgan fingerprint density at radius 1 is 1.18 bits per heavy atom. The lowest BCUT2D eigenvalue weighted by atomic mass is 9.94. The molecule has 0 bridgehead atoms. The summed E-state index contributed by atoms with van der Waals surface area (Å²) >= 11 is 0. The largest absolute Gasteiger partial charge is 0.493 e. The molecule has 5 rings (SSSR count). The number of ether oxygens (including phenoxy) is 1. The molecule has 9 nitrogen and oxygen atoms in total. The van der Waals surface area contributed by atoms with E-state index in [1.165, 1.54) is 16.8 Å². The van der Waals surface area contributed by atoms with E-state index in [1.807, 2.05) is 19.1 Å². The third-order valence-corrected chi connectivity index (χ3v) is 6.84. The Morgan fingerprint density at radius 3 is 2.66 bits per heavy atom. The second-order valence-corrected chi connectivity index (χ2v) is 9.54. The first-order valence-electron chi connectivity index (χ1n) is 12.3. The van der Waals surface area contributed by atoms with Crippen molar-refractivity contribution in [2.45, 2.75) is 38.9 Å². The molecule has 1 aromatic carbocycles. The van der Waals surface area contributed by atoms with E-state index in [0.29, 0.717) is 23.4 Å². The average Bonchev–Trinajstić information content (AvgIpc) is 3.48. The summed E-state index contributed by atoms with van der Waals surface area (Å²) in [6.07, 6.45) is -2.05. The summed E-state index contributed by atoms with van der Waals surface area (Å²) in [4.78, 5) is 6.52. The van der Waals surface area contributed by atoms with Gasteiger partial charge in [0.1, 0.15) is 23.1 Å². The van der Waals surface area contributed by atoms with Crippen LogP contribution in [-0.2, 0) is 19.8 Å². The molecule has 0 amide bonds. The molecule has 12 heteroatoms. The van der Waals surface area contributed by atoms with Crippen LogP contribution in [0.1, 0.15) is 42.0 Å². The van der Waals surface area contributed by atoms with Gasteiger partial charge in [0.15, 0.2) is 5.69 Å². The summed E-state index contributed by atoms with van der Waals surface area (Å²) in [5.41, 5.74) is 1.28. The van der Waals surface area contributed by atoms with Crippen molar-refractivity contribution in [3.8, 4) is 23.1 Å². The molecule has 38 heavy (non-hydrogen) atoms. The maximum Gasteiger partial charge on any atom is 0.419 e. The number of pyridine rings is 1. The highest BCUT2D eigenvalue weighted by atomic mass is 19.4. The molecule has 0 radical (unpaired) electrons. The third kappa shape index (κ3) is 5.47. The van der Waals surface area contributed by atoms with Crippen molar-refractivity contribution < 1.29 is 22.4 Å². The van der Waals surface area contributed by atoms with E-state index >= 15 is 0 Å². The van der Waals surface area contributed by atoms with Crippen LogP contribution in [0.4, 0.5) is 13.2 Å². The fraction of sp³-hybridized carbons (Fsp3) is 0.423. The van der Waals surface area contributed by atoms with E-state index in [2.05, 4.69) is 25.4 Å². The molecular formula is C26H26F3N7O2. The van der Waals surface area contributed by atoms with Gasteiger partial charge < -0.3 is 9.26 Å². The normalized spacial score (nSPS) is 15.2. The maximum atomic E-state index is 14.0. The molecule has 0 N–H and O–H groups in total. The number of fused-ring (bicyclic) bond motifs is 1. The number of halogens is 3. The van der Waals surface area contributed by atoms with Gasteiger partial charge in [0, 0.05) is 25.2 Å². The van der Waals surface area contributed by atoms with Gasteiger partial charge in [-0.3, -0.25) is 4.90 Å². The molecule has 198 valence electrons. The topological polar surface area (TPSA) is 106 Å². The molecule has 0 atom stereocenters. The predicted octanol–water partition coefficient (Wildman–Crippen LogP) is 4.90. The van der Waals surface area contributed by atoms with Crippen LogP contribution in [0.15, 0.2) is 34.9 Å². The van der Waals surface area contributed by atoms with E-state index in [9.17, 15) is 18.4 Å². The maximum absolute atomic E-state index is 14.0. The molecule has 4 heterocycles. The fourth-order valence-electron chi connectivity index (χ4n) is 4.78. The molecular weight excluding hydrogens is 499 g/mol. The van der Waals surface area contributed by atoms with E-state index < -0.39 is 11.7 Å². The van der Waals surface area contributed by atoms with Crippen LogP contribution in [0.3, 0.4) is 0 Å². The molecule has 1 aliphatic rings. The highest BCUT2D eigenvalue weighted by Crippen LogP contribution is 2.39. The number of nitrogens with zero attached hydrogens (tertiary/aromatic N) is 7. The van der Waals surface area contributed by atoms with Crippen molar-refractivity contribution in [1.29, 1.82) is 5.26 Å². The number of nitriles is 1. The van der Waals surface area contributed by atoms with Gasteiger partial charge in [0.2, 0.25) is 0 Å². The summed E-state index contributed by atoms with van der Waals surface area (Å²) < 4.78 is 54.1. The minimum Gasteiger partial charge on any atom is -0.493 e. The standard InChI is InChI=1S/C26H26F3N7O2/c1-16-11-19(33-38-16)15-36-8-5-17(6-9-36)7-10-37-24-4-3-18(12-20(24)26(27,28)29)21-13-23-25(22(14-30)31-21)32-34-35(23)2/h3-4,11-13,17H,5-10,15H2,1-2H3. The molecule has 0 spiro atoms. The Labute approximate surface area is 216 Å². The van der Waals surface area contributed by atoms with E-state index in [0.717, 1.165) is 50.0 Å². The van der Waals surface area contributed by atoms with Gasteiger partial charge in [-0.25, -0.2) is 9.67 Å². The molecule has 1 aliphatic heterocycles. The fourth-order valence-corrected chi connectivity index (χ4v) is 4.78. The van der Waals surface area contributed by atoms with Crippen molar-refractivity contribution >= 4 is 11.0 Å². The molecule has 1 saturated heterocycles. The van der Waals surface area contributed by atoms with Gasteiger partial charge in [0.05, 0.1) is 29.1 Å². The SMILES string of the molecule is Cc1cc(CN2CCC(CCOc3ccc(-c4cc5c(nnn5C)c(C#N)n4)cc3C(F)(F)F)CC2)no1. The van der Waals surface area contributed by atoms with E-state index in [1.54, 1.807) is 13.1 Å². The highest BCUT2D eigenvalue weighted by molar-refractivity contribution is 5.83. The van der Waals surface area contributed by atoms with Crippen LogP contribution >= 0.6 is 0 Å². The first-order chi connectivity index (χ1) is 18.2. The van der Waals surface area contributed by atoms with Gasteiger partial charge in [0.25, 0.3) is 0 Å². The molecule has 3 aromatic heterocycles. The minimum atomic E-state index is -4.62. The van der Waals surface area contributed by atoms with Crippen LogP contribution in [0, 0.1) is 24.2 Å². The van der Waals surface area contributed by atoms with Crippen molar-refractivity contribution in [3.63, 3.8) is 0 Å². The minimum absolute atomic E-state index is 0.00155. The van der Waals surface area contributed by atoms with Gasteiger partial charge in [-0.1, -0.05) is 10.4 Å². The van der Waals surface area contributed by atoms with Gasteiger partial charge in [-0.05, 0) is 69.5 Å². The summed E-state index contributed by atoms with van der Waals surface area (Å²) in [5.74, 6) is 0.948. The van der Waals surface area contributed by atoms with Crippen molar-refractivity contribution in [2.75, 3.05) is 19.7 Å². The van der Waals surface area contributed by atoms with Gasteiger partial charge in [-0.2, -0.15) is 18.4 Å². The van der Waals surface area contributed by atoms with Crippen LogP contribution in [0.2, 0.25) is 0 Å². The summed E-state index contributed by atoms with van der Waals surface area (Å²) in [5, 5.41) is 21.2. The lowest BCUT2D eigenvalue weighted by molar-refractivity contribution is -0.138. The molecule has 0 unspecified atom stereocenters. The summed E-state index contributed by atoms with van der Waals surface area (Å²) in [6, 6.07) is 9.29. The summed E-state index contributed by atoms with van der Waals surface area (Å²) in [7, 11) is 1.64. The van der Waals surface area contributed by atoms with Crippen LogP contribution in [0.5, 0.6) is 5.75 Å². The summed E-state index contributed by atoms with van der Waals surface area (Å²) in [6.45, 7) is 4.58. The second-order valence-electron chi connectivity index (χ2n) is 9.54. The van der Waals surface area contributed by atoms with E-state index in [4.69, 9.17) is 9.26 Å². The Balaban J connectivity index is 1.25. The Hall–Kier alpha value is -3.98. The smallest absolute Gasteiger partial charge is 0.419 e. The van der Waals surface area contributed by atoms with Crippen molar-refractivity contribution in [2.24, 2.45) is 13.0 Å². The van der Waals surface area contributed by atoms with Crippen LogP contribution < -0.4 is 4.74 Å². The van der Waals surface area contributed by atoms with Crippen molar-refractivity contribution in [1.82, 2.24) is 30.0 Å². The lowest BCUT2D eigenvalue weighted by Crippen LogP contribution is -2.33. The second kappa shape index (κ2) is 10.4. The zero-order valence-corrected chi connectivity index (χ0v) is 21.0. The number of likely N-dealkylation sites (tertiary alicyclic amines) is 1. The number of aryl methyl sites for hydroxylation is 2. The first-order valence-corrected chi connectivity index (χ1v) is 12.3. The number of alkyl halides is 3. The third-order valence-electron chi connectivity index (χ3n) is 6.84. The monoisotopic (exact) mass is 525 g/mol. The van der Waals surface area contributed by atoms with Crippen molar-refractivity contribution in [3.05, 3.63) is 53.0 Å². The molecule has 0 aliphatic carbocycles. The number of hydrogen-bond acceptors (Lipinski definition) is 8. The molecule has 1 fully saturated rings. The molecule has 0 saturated carbocycles. The number of rotatable bonds is 7.